The highest BCUT2D eigenvalue weighted by molar-refractivity contribution is 6.33. The summed E-state index contributed by atoms with van der Waals surface area (Å²) >= 11 is 5.90. The van der Waals surface area contributed by atoms with Gasteiger partial charge in [-0.25, -0.2) is 8.78 Å². The van der Waals surface area contributed by atoms with Crippen LogP contribution in [-0.2, 0) is 6.54 Å². The number of para-hydroxylation sites is 1. The summed E-state index contributed by atoms with van der Waals surface area (Å²) in [5.41, 5.74) is 6.38. The number of oxime groups is 1. The van der Waals surface area contributed by atoms with Crippen molar-refractivity contribution in [2.75, 3.05) is 5.32 Å². The predicted molar refractivity (Wildman–Crippen MR) is 77.6 cm³/mol. The molecule has 0 spiro atoms. The Labute approximate surface area is 124 Å². The van der Waals surface area contributed by atoms with Gasteiger partial charge in [0.25, 0.3) is 0 Å². The zero-order valence-corrected chi connectivity index (χ0v) is 11.5. The summed E-state index contributed by atoms with van der Waals surface area (Å²) in [6.45, 7) is 0.131. The second-order valence-electron chi connectivity index (χ2n) is 4.24. The lowest BCUT2D eigenvalue weighted by Gasteiger charge is -2.12. The Bertz CT molecular complexity index is 672. The quantitative estimate of drug-likeness (QED) is 0.351. The molecule has 0 fully saturated rings. The van der Waals surface area contributed by atoms with Gasteiger partial charge in [-0.1, -0.05) is 28.9 Å². The zero-order valence-electron chi connectivity index (χ0n) is 10.8. The second kappa shape index (κ2) is 6.41. The van der Waals surface area contributed by atoms with Crippen LogP contribution < -0.4 is 11.1 Å². The summed E-state index contributed by atoms with van der Waals surface area (Å²) < 4.78 is 26.9. The molecule has 0 aliphatic heterocycles. The summed E-state index contributed by atoms with van der Waals surface area (Å²) in [4.78, 5) is 0. The van der Waals surface area contributed by atoms with E-state index < -0.39 is 11.6 Å². The van der Waals surface area contributed by atoms with Crippen molar-refractivity contribution in [3.63, 3.8) is 0 Å². The fraction of sp³-hybridized carbons (Fsp3) is 0.0714. The maximum absolute atomic E-state index is 13.6. The predicted octanol–water partition coefficient (Wildman–Crippen LogP) is 3.32. The molecule has 0 bridgehead atoms. The first-order chi connectivity index (χ1) is 10.0. The number of halogens is 3. The maximum atomic E-state index is 13.6. The average molecular weight is 312 g/mol. The molecular formula is C14H12ClF2N3O. The van der Waals surface area contributed by atoms with Crippen LogP contribution in [0.25, 0.3) is 0 Å². The minimum atomic E-state index is -0.524. The van der Waals surface area contributed by atoms with E-state index in [9.17, 15) is 8.78 Å². The minimum Gasteiger partial charge on any atom is -0.409 e. The SMILES string of the molecule is N/C(=N/O)c1cc(F)ccc1CNc1c(F)cccc1Cl. The Kier molecular flexibility index (Phi) is 4.59. The van der Waals surface area contributed by atoms with E-state index in [2.05, 4.69) is 10.5 Å². The van der Waals surface area contributed by atoms with Gasteiger partial charge in [0.2, 0.25) is 0 Å². The van der Waals surface area contributed by atoms with Gasteiger partial charge in [0.05, 0.1) is 10.7 Å². The first-order valence-electron chi connectivity index (χ1n) is 5.97. The number of anilines is 1. The van der Waals surface area contributed by atoms with E-state index in [1.807, 2.05) is 0 Å². The molecule has 0 saturated heterocycles. The number of benzene rings is 2. The van der Waals surface area contributed by atoms with E-state index in [1.165, 1.54) is 24.3 Å². The van der Waals surface area contributed by atoms with Crippen LogP contribution in [0.3, 0.4) is 0 Å². The van der Waals surface area contributed by atoms with Crippen molar-refractivity contribution in [2.45, 2.75) is 6.54 Å². The fourth-order valence-electron chi connectivity index (χ4n) is 1.85. The Balaban J connectivity index is 2.28. The first kappa shape index (κ1) is 15.1. The van der Waals surface area contributed by atoms with Gasteiger partial charge in [0.1, 0.15) is 11.6 Å². The van der Waals surface area contributed by atoms with Crippen LogP contribution in [0, 0.1) is 11.6 Å². The summed E-state index contributed by atoms with van der Waals surface area (Å²) in [6.07, 6.45) is 0. The van der Waals surface area contributed by atoms with Gasteiger partial charge in [-0.05, 0) is 29.8 Å². The molecular weight excluding hydrogens is 300 g/mol. The van der Waals surface area contributed by atoms with Crippen LogP contribution in [0.2, 0.25) is 5.02 Å². The van der Waals surface area contributed by atoms with Crippen LogP contribution in [0.1, 0.15) is 11.1 Å². The van der Waals surface area contributed by atoms with Gasteiger partial charge in [0.15, 0.2) is 5.84 Å². The highest BCUT2D eigenvalue weighted by atomic mass is 35.5. The molecule has 0 radical (unpaired) electrons. The maximum Gasteiger partial charge on any atom is 0.170 e. The number of hydrogen-bond acceptors (Lipinski definition) is 3. The van der Waals surface area contributed by atoms with Gasteiger partial charge in [0, 0.05) is 12.1 Å². The summed E-state index contributed by atoms with van der Waals surface area (Å²) in [7, 11) is 0. The molecule has 0 aliphatic carbocycles. The highest BCUT2D eigenvalue weighted by Gasteiger charge is 2.11. The van der Waals surface area contributed by atoms with Gasteiger partial charge in [-0.3, -0.25) is 0 Å². The smallest absolute Gasteiger partial charge is 0.170 e. The van der Waals surface area contributed by atoms with E-state index in [4.69, 9.17) is 22.5 Å². The van der Waals surface area contributed by atoms with Crippen molar-refractivity contribution in [1.82, 2.24) is 0 Å². The number of hydrogen-bond donors (Lipinski definition) is 3. The normalized spacial score (nSPS) is 11.5. The molecule has 21 heavy (non-hydrogen) atoms. The van der Waals surface area contributed by atoms with Gasteiger partial charge < -0.3 is 16.3 Å². The van der Waals surface area contributed by atoms with Crippen LogP contribution in [0.15, 0.2) is 41.6 Å². The lowest BCUT2D eigenvalue weighted by Crippen LogP contribution is -2.17. The van der Waals surface area contributed by atoms with Crippen molar-refractivity contribution in [1.29, 1.82) is 0 Å². The monoisotopic (exact) mass is 311 g/mol. The molecule has 110 valence electrons. The molecule has 0 aliphatic rings. The molecule has 0 amide bonds. The standard InChI is InChI=1S/C14H12ClF2N3O/c15-11-2-1-3-12(17)13(11)19-7-8-4-5-9(16)6-10(8)14(18)20-21/h1-6,19,21H,7H2,(H2,18,20). The van der Waals surface area contributed by atoms with Crippen molar-refractivity contribution in [3.8, 4) is 0 Å². The van der Waals surface area contributed by atoms with Crippen LogP contribution in [-0.4, -0.2) is 11.0 Å². The number of nitrogens with zero attached hydrogens (tertiary/aromatic N) is 1. The molecule has 2 aromatic rings. The largest absolute Gasteiger partial charge is 0.409 e. The van der Waals surface area contributed by atoms with Crippen molar-refractivity contribution in [3.05, 3.63) is 64.2 Å². The summed E-state index contributed by atoms with van der Waals surface area (Å²) in [5.74, 6) is -1.26. The molecule has 4 nitrogen and oxygen atoms in total. The molecule has 0 heterocycles. The van der Waals surface area contributed by atoms with Crippen LogP contribution >= 0.6 is 11.6 Å². The Morgan fingerprint density at radius 2 is 2.05 bits per heavy atom. The molecule has 0 unspecified atom stereocenters. The lowest BCUT2D eigenvalue weighted by molar-refractivity contribution is 0.318. The van der Waals surface area contributed by atoms with Gasteiger partial charge >= 0.3 is 0 Å². The number of nitrogens with one attached hydrogen (secondary N) is 1. The Morgan fingerprint density at radius 3 is 2.71 bits per heavy atom. The van der Waals surface area contributed by atoms with E-state index in [0.29, 0.717) is 5.56 Å². The minimum absolute atomic E-state index is 0.131. The third-order valence-electron chi connectivity index (χ3n) is 2.87. The van der Waals surface area contributed by atoms with Crippen LogP contribution in [0.5, 0.6) is 0 Å². The topological polar surface area (TPSA) is 70.6 Å². The molecule has 0 saturated carbocycles. The molecule has 2 aromatic carbocycles. The third-order valence-corrected chi connectivity index (χ3v) is 3.19. The molecule has 0 aromatic heterocycles. The lowest BCUT2D eigenvalue weighted by atomic mass is 10.1. The third kappa shape index (κ3) is 3.41. The molecule has 2 rings (SSSR count). The van der Waals surface area contributed by atoms with E-state index >= 15 is 0 Å². The van der Waals surface area contributed by atoms with Crippen molar-refractivity contribution >= 4 is 23.1 Å². The average Bonchev–Trinajstić information content (AvgIpc) is 2.47. The molecule has 7 heteroatoms. The molecule has 4 N–H and O–H groups in total. The van der Waals surface area contributed by atoms with Crippen molar-refractivity contribution in [2.24, 2.45) is 10.9 Å². The first-order valence-corrected chi connectivity index (χ1v) is 6.35. The Hall–Kier alpha value is -2.34. The second-order valence-corrected chi connectivity index (χ2v) is 4.64. The number of amidine groups is 1. The highest BCUT2D eigenvalue weighted by Crippen LogP contribution is 2.25. The Morgan fingerprint density at radius 1 is 1.29 bits per heavy atom. The van der Waals surface area contributed by atoms with E-state index in [-0.39, 0.29) is 28.7 Å². The fourth-order valence-corrected chi connectivity index (χ4v) is 2.08. The zero-order chi connectivity index (χ0) is 15.4. The number of nitrogens with two attached hydrogens (primary N) is 1. The summed E-state index contributed by atoms with van der Waals surface area (Å²) in [6, 6.07) is 8.13. The van der Waals surface area contributed by atoms with E-state index in [1.54, 1.807) is 6.07 Å². The molecule has 0 atom stereocenters. The van der Waals surface area contributed by atoms with E-state index in [0.717, 1.165) is 6.07 Å². The van der Waals surface area contributed by atoms with Gasteiger partial charge in [-0.2, -0.15) is 0 Å². The van der Waals surface area contributed by atoms with Gasteiger partial charge in [-0.15, -0.1) is 0 Å². The van der Waals surface area contributed by atoms with Crippen LogP contribution in [0.4, 0.5) is 14.5 Å². The number of rotatable bonds is 4. The summed E-state index contributed by atoms with van der Waals surface area (Å²) in [5, 5.41) is 14.6. The van der Waals surface area contributed by atoms with Crippen molar-refractivity contribution < 1.29 is 14.0 Å².